The van der Waals surface area contributed by atoms with Crippen LogP contribution in [0.2, 0.25) is 0 Å². The summed E-state index contributed by atoms with van der Waals surface area (Å²) in [4.78, 5) is 21.4. The Morgan fingerprint density at radius 3 is 2.78 bits per heavy atom. The summed E-state index contributed by atoms with van der Waals surface area (Å²) in [5, 5.41) is 7.88. The number of pyridine rings is 1. The molecule has 2 aromatic heterocycles. The topological polar surface area (TPSA) is 81.2 Å². The van der Waals surface area contributed by atoms with E-state index in [4.69, 9.17) is 4.42 Å². The van der Waals surface area contributed by atoms with Crippen molar-refractivity contribution in [1.29, 1.82) is 0 Å². The number of ketones is 1. The molecule has 0 saturated heterocycles. The van der Waals surface area contributed by atoms with Gasteiger partial charge in [-0.2, -0.15) is 0 Å². The van der Waals surface area contributed by atoms with Crippen molar-refractivity contribution in [2.75, 3.05) is 0 Å². The minimum atomic E-state index is 0.186. The highest BCUT2D eigenvalue weighted by Crippen LogP contribution is 2.24. The molecule has 27 heavy (non-hydrogen) atoms. The first-order chi connectivity index (χ1) is 13.1. The number of hydrogen-bond acceptors (Lipinski definition) is 6. The lowest BCUT2D eigenvalue weighted by molar-refractivity contribution is -0.118. The molecule has 0 radical (unpaired) electrons. The van der Waals surface area contributed by atoms with Crippen LogP contribution in [0.25, 0.3) is 0 Å². The number of carbonyl (C=O) groups excluding carboxylic acids is 1. The molecule has 6 nitrogen and oxygen atoms in total. The van der Waals surface area contributed by atoms with Crippen LogP contribution in [0, 0.1) is 6.92 Å². The molecule has 3 aromatic rings. The molecule has 0 N–H and O–H groups in total. The molecule has 0 spiro atoms. The molecule has 136 valence electrons. The molecule has 0 amide bonds. The molecule has 1 aliphatic heterocycles. The smallest absolute Gasteiger partial charge is 0.266 e. The molecular weight excluding hydrogens is 340 g/mol. The Labute approximate surface area is 157 Å². The minimum absolute atomic E-state index is 0.186. The highest BCUT2D eigenvalue weighted by molar-refractivity contribution is 6.12. The SMILES string of the molecule is Cc1nnc(C2=NCc3cc(CC(=O)C[C@H](C)c4ccccc4)ncc32)o1. The Bertz CT molecular complexity index is 1010. The van der Waals surface area contributed by atoms with E-state index in [9.17, 15) is 4.79 Å². The number of aliphatic imine (C=N–C) groups is 1. The number of rotatable bonds is 6. The van der Waals surface area contributed by atoms with Crippen LogP contribution in [0.4, 0.5) is 0 Å². The predicted molar refractivity (Wildman–Crippen MR) is 101 cm³/mol. The highest BCUT2D eigenvalue weighted by atomic mass is 16.4. The molecule has 0 unspecified atom stereocenters. The van der Waals surface area contributed by atoms with Gasteiger partial charge in [0.15, 0.2) is 0 Å². The maximum atomic E-state index is 12.5. The van der Waals surface area contributed by atoms with E-state index in [0.717, 1.165) is 16.8 Å². The van der Waals surface area contributed by atoms with Gasteiger partial charge in [0.05, 0.1) is 6.54 Å². The largest absolute Gasteiger partial charge is 0.420 e. The van der Waals surface area contributed by atoms with Crippen molar-refractivity contribution in [1.82, 2.24) is 15.2 Å². The van der Waals surface area contributed by atoms with Gasteiger partial charge in [0.1, 0.15) is 11.5 Å². The van der Waals surface area contributed by atoms with Crippen molar-refractivity contribution < 1.29 is 9.21 Å². The lowest BCUT2D eigenvalue weighted by Crippen LogP contribution is -2.10. The predicted octanol–water partition coefficient (Wildman–Crippen LogP) is 3.43. The van der Waals surface area contributed by atoms with Crippen molar-refractivity contribution in [2.24, 2.45) is 4.99 Å². The molecule has 1 aromatic carbocycles. The van der Waals surface area contributed by atoms with Crippen LogP contribution < -0.4 is 0 Å². The van der Waals surface area contributed by atoms with Gasteiger partial charge in [-0.05, 0) is 23.1 Å². The third-order valence-corrected chi connectivity index (χ3v) is 4.72. The van der Waals surface area contributed by atoms with E-state index in [2.05, 4.69) is 39.2 Å². The first kappa shape index (κ1) is 17.3. The fourth-order valence-electron chi connectivity index (χ4n) is 3.33. The lowest BCUT2D eigenvalue weighted by atomic mass is 9.94. The second-order valence-corrected chi connectivity index (χ2v) is 6.86. The number of nitrogens with zero attached hydrogens (tertiary/aromatic N) is 4. The van der Waals surface area contributed by atoms with Crippen LogP contribution in [0.15, 0.2) is 52.0 Å². The molecule has 4 rings (SSSR count). The van der Waals surface area contributed by atoms with E-state index >= 15 is 0 Å². The molecular formula is C21H20N4O2. The van der Waals surface area contributed by atoms with E-state index < -0.39 is 0 Å². The summed E-state index contributed by atoms with van der Waals surface area (Å²) in [6.45, 7) is 4.36. The fourth-order valence-corrected chi connectivity index (χ4v) is 3.33. The molecule has 3 heterocycles. The average molecular weight is 360 g/mol. The monoisotopic (exact) mass is 360 g/mol. The van der Waals surface area contributed by atoms with Crippen LogP contribution in [0.1, 0.15) is 53.4 Å². The number of carbonyl (C=O) groups is 1. The normalized spacial score (nSPS) is 13.9. The minimum Gasteiger partial charge on any atom is -0.420 e. The zero-order chi connectivity index (χ0) is 18.8. The summed E-state index contributed by atoms with van der Waals surface area (Å²) in [7, 11) is 0. The van der Waals surface area contributed by atoms with E-state index in [1.54, 1.807) is 13.1 Å². The molecule has 0 bridgehead atoms. The third kappa shape index (κ3) is 3.69. The van der Waals surface area contributed by atoms with Gasteiger partial charge in [0, 0.05) is 37.2 Å². The van der Waals surface area contributed by atoms with E-state index in [1.165, 1.54) is 5.56 Å². The van der Waals surface area contributed by atoms with Gasteiger partial charge in [-0.3, -0.25) is 14.8 Å². The zero-order valence-corrected chi connectivity index (χ0v) is 15.3. The summed E-state index contributed by atoms with van der Waals surface area (Å²) in [6, 6.07) is 12.1. The Kier molecular flexibility index (Phi) is 4.62. The van der Waals surface area contributed by atoms with Crippen molar-refractivity contribution in [3.63, 3.8) is 0 Å². The summed E-state index contributed by atoms with van der Waals surface area (Å²) in [6.07, 6.45) is 2.59. The number of aryl methyl sites for hydroxylation is 1. The van der Waals surface area contributed by atoms with Crippen LogP contribution in [0.5, 0.6) is 0 Å². The second-order valence-electron chi connectivity index (χ2n) is 6.86. The first-order valence-corrected chi connectivity index (χ1v) is 9.00. The Morgan fingerprint density at radius 2 is 2.04 bits per heavy atom. The molecule has 0 aliphatic carbocycles. The Hall–Kier alpha value is -3.15. The summed E-state index contributed by atoms with van der Waals surface area (Å²) in [5.74, 6) is 1.30. The molecule has 1 aliphatic rings. The van der Waals surface area contributed by atoms with E-state index in [1.807, 2.05) is 24.3 Å². The summed E-state index contributed by atoms with van der Waals surface area (Å²) in [5.41, 5.74) is 4.56. The van der Waals surface area contributed by atoms with Gasteiger partial charge in [0.25, 0.3) is 5.89 Å². The van der Waals surface area contributed by atoms with Gasteiger partial charge in [-0.25, -0.2) is 0 Å². The van der Waals surface area contributed by atoms with Gasteiger partial charge in [-0.15, -0.1) is 10.2 Å². The van der Waals surface area contributed by atoms with Gasteiger partial charge >= 0.3 is 0 Å². The Morgan fingerprint density at radius 1 is 1.22 bits per heavy atom. The number of benzene rings is 1. The summed E-state index contributed by atoms with van der Waals surface area (Å²) >= 11 is 0. The van der Waals surface area contributed by atoms with Crippen LogP contribution in [-0.4, -0.2) is 26.7 Å². The lowest BCUT2D eigenvalue weighted by Gasteiger charge is -2.11. The van der Waals surface area contributed by atoms with Crippen LogP contribution >= 0.6 is 0 Å². The van der Waals surface area contributed by atoms with Crippen molar-refractivity contribution in [2.45, 2.75) is 39.2 Å². The number of aromatic nitrogens is 3. The van der Waals surface area contributed by atoms with Crippen LogP contribution in [0.3, 0.4) is 0 Å². The van der Waals surface area contributed by atoms with E-state index in [-0.39, 0.29) is 11.7 Å². The molecule has 0 saturated carbocycles. The zero-order valence-electron chi connectivity index (χ0n) is 15.3. The first-order valence-electron chi connectivity index (χ1n) is 9.00. The average Bonchev–Trinajstić information content (AvgIpc) is 3.27. The Balaban J connectivity index is 1.44. The van der Waals surface area contributed by atoms with Gasteiger partial charge in [-0.1, -0.05) is 37.3 Å². The quantitative estimate of drug-likeness (QED) is 0.673. The molecule has 6 heteroatoms. The van der Waals surface area contributed by atoms with Crippen molar-refractivity contribution in [3.8, 4) is 0 Å². The van der Waals surface area contributed by atoms with Crippen LogP contribution in [-0.2, 0) is 17.8 Å². The van der Waals surface area contributed by atoms with Crippen molar-refractivity contribution >= 4 is 11.5 Å². The number of hydrogen-bond donors (Lipinski definition) is 0. The van der Waals surface area contributed by atoms with E-state index in [0.29, 0.717) is 36.9 Å². The van der Waals surface area contributed by atoms with Crippen molar-refractivity contribution in [3.05, 3.63) is 76.8 Å². The molecule has 1 atom stereocenters. The standard InChI is InChI=1S/C21H20N4O2/c1-13(15-6-4-3-5-7-15)8-18(26)10-17-9-16-11-23-20(19(16)12-22-17)21-25-24-14(2)27-21/h3-7,9,12-13H,8,10-11H2,1-2H3/t13-/m0/s1. The fraction of sp³-hybridized carbons (Fsp3) is 0.286. The summed E-state index contributed by atoms with van der Waals surface area (Å²) < 4.78 is 5.47. The van der Waals surface area contributed by atoms with Gasteiger partial charge in [0.2, 0.25) is 5.89 Å². The number of Topliss-reactive ketones (excluding diaryl/α,β-unsaturated/α-hetero) is 1. The maximum absolute atomic E-state index is 12.5. The third-order valence-electron chi connectivity index (χ3n) is 4.72. The molecule has 0 fully saturated rings. The highest BCUT2D eigenvalue weighted by Gasteiger charge is 2.23. The number of fused-ring (bicyclic) bond motifs is 1. The van der Waals surface area contributed by atoms with Gasteiger partial charge < -0.3 is 4.42 Å². The second kappa shape index (κ2) is 7.23. The maximum Gasteiger partial charge on any atom is 0.266 e.